The number of phenols is 2. The van der Waals surface area contributed by atoms with Gasteiger partial charge in [0.1, 0.15) is 11.5 Å². The molecule has 0 radical (unpaired) electrons. The fourth-order valence-electron chi connectivity index (χ4n) is 3.45. The summed E-state index contributed by atoms with van der Waals surface area (Å²) >= 11 is 0. The van der Waals surface area contributed by atoms with Crippen molar-refractivity contribution in [1.82, 2.24) is 4.90 Å². The Kier molecular flexibility index (Phi) is 5.48. The van der Waals surface area contributed by atoms with E-state index in [0.717, 1.165) is 44.2 Å². The van der Waals surface area contributed by atoms with E-state index >= 15 is 0 Å². The standard InChI is InChI=1S/C17H28N2O2/c1-3-10-19(14-6-4-13(18)5-7-14)12(2)16-9-8-15(20)11-17(16)21/h8-9,11-14,20-21H,3-7,10,18H2,1-2H3. The van der Waals surface area contributed by atoms with Gasteiger partial charge in [-0.25, -0.2) is 0 Å². The van der Waals surface area contributed by atoms with E-state index in [9.17, 15) is 10.2 Å². The van der Waals surface area contributed by atoms with Gasteiger partial charge in [-0.3, -0.25) is 4.90 Å². The molecule has 0 saturated heterocycles. The Morgan fingerprint density at radius 3 is 2.48 bits per heavy atom. The predicted octanol–water partition coefficient (Wildman–Crippen LogP) is 3.14. The van der Waals surface area contributed by atoms with Crippen molar-refractivity contribution < 1.29 is 10.2 Å². The van der Waals surface area contributed by atoms with Gasteiger partial charge in [0.15, 0.2) is 0 Å². The predicted molar refractivity (Wildman–Crippen MR) is 85.4 cm³/mol. The quantitative estimate of drug-likeness (QED) is 0.780. The van der Waals surface area contributed by atoms with Crippen LogP contribution in [0.2, 0.25) is 0 Å². The molecule has 1 aliphatic rings. The van der Waals surface area contributed by atoms with Crippen LogP contribution in [0.4, 0.5) is 0 Å². The molecule has 0 bridgehead atoms. The topological polar surface area (TPSA) is 69.7 Å². The Hall–Kier alpha value is -1.26. The molecule has 1 unspecified atom stereocenters. The molecule has 2 rings (SSSR count). The zero-order chi connectivity index (χ0) is 15.4. The van der Waals surface area contributed by atoms with Crippen LogP contribution in [0, 0.1) is 0 Å². The molecule has 4 nitrogen and oxygen atoms in total. The monoisotopic (exact) mass is 292 g/mol. The number of aromatic hydroxyl groups is 2. The maximum atomic E-state index is 10.1. The van der Waals surface area contributed by atoms with Crippen LogP contribution < -0.4 is 5.73 Å². The van der Waals surface area contributed by atoms with Crippen LogP contribution in [0.25, 0.3) is 0 Å². The summed E-state index contributed by atoms with van der Waals surface area (Å²) < 4.78 is 0. The molecule has 1 aromatic carbocycles. The van der Waals surface area contributed by atoms with E-state index in [-0.39, 0.29) is 17.5 Å². The van der Waals surface area contributed by atoms with E-state index in [1.807, 2.05) is 6.07 Å². The number of hydrogen-bond donors (Lipinski definition) is 3. The molecule has 118 valence electrons. The van der Waals surface area contributed by atoms with Crippen molar-refractivity contribution in [3.8, 4) is 11.5 Å². The van der Waals surface area contributed by atoms with Crippen molar-refractivity contribution in [2.45, 2.75) is 64.1 Å². The summed E-state index contributed by atoms with van der Waals surface area (Å²) in [6.45, 7) is 5.34. The summed E-state index contributed by atoms with van der Waals surface area (Å²) in [4.78, 5) is 2.48. The van der Waals surface area contributed by atoms with Crippen molar-refractivity contribution in [3.63, 3.8) is 0 Å². The van der Waals surface area contributed by atoms with Crippen LogP contribution in [-0.2, 0) is 0 Å². The van der Waals surface area contributed by atoms with Crippen molar-refractivity contribution in [2.75, 3.05) is 6.54 Å². The second-order valence-corrected chi connectivity index (χ2v) is 6.23. The smallest absolute Gasteiger partial charge is 0.124 e. The molecule has 4 heteroatoms. The summed E-state index contributed by atoms with van der Waals surface area (Å²) in [5, 5.41) is 19.6. The molecule has 0 aliphatic heterocycles. The van der Waals surface area contributed by atoms with E-state index in [0.29, 0.717) is 12.1 Å². The summed E-state index contributed by atoms with van der Waals surface area (Å²) in [5.41, 5.74) is 6.90. The Morgan fingerprint density at radius 1 is 1.24 bits per heavy atom. The summed E-state index contributed by atoms with van der Waals surface area (Å²) in [6, 6.07) is 5.92. The van der Waals surface area contributed by atoms with Crippen molar-refractivity contribution >= 4 is 0 Å². The van der Waals surface area contributed by atoms with E-state index in [4.69, 9.17) is 5.73 Å². The number of rotatable bonds is 5. The molecule has 1 aliphatic carbocycles. The second-order valence-electron chi connectivity index (χ2n) is 6.23. The Bertz CT molecular complexity index is 456. The van der Waals surface area contributed by atoms with Gasteiger partial charge in [-0.05, 0) is 51.6 Å². The maximum absolute atomic E-state index is 10.1. The van der Waals surface area contributed by atoms with Crippen LogP contribution >= 0.6 is 0 Å². The fourth-order valence-corrected chi connectivity index (χ4v) is 3.45. The van der Waals surface area contributed by atoms with Gasteiger partial charge in [0.25, 0.3) is 0 Å². The zero-order valence-corrected chi connectivity index (χ0v) is 13.1. The molecule has 4 N–H and O–H groups in total. The van der Waals surface area contributed by atoms with Gasteiger partial charge in [-0.15, -0.1) is 0 Å². The first-order valence-corrected chi connectivity index (χ1v) is 8.06. The highest BCUT2D eigenvalue weighted by molar-refractivity contribution is 5.40. The average Bonchev–Trinajstić information content (AvgIpc) is 2.45. The summed E-state index contributed by atoms with van der Waals surface area (Å²) in [6.07, 6.45) is 5.51. The Balaban J connectivity index is 2.16. The number of benzene rings is 1. The van der Waals surface area contributed by atoms with Gasteiger partial charge in [0.2, 0.25) is 0 Å². The number of hydrogen-bond acceptors (Lipinski definition) is 4. The third-order valence-corrected chi connectivity index (χ3v) is 4.65. The third-order valence-electron chi connectivity index (χ3n) is 4.65. The van der Waals surface area contributed by atoms with Gasteiger partial charge in [-0.2, -0.15) is 0 Å². The molecule has 1 aromatic rings. The molecule has 0 aromatic heterocycles. The molecule has 21 heavy (non-hydrogen) atoms. The largest absolute Gasteiger partial charge is 0.508 e. The lowest BCUT2D eigenvalue weighted by Crippen LogP contribution is -2.42. The molecule has 1 saturated carbocycles. The second kappa shape index (κ2) is 7.14. The van der Waals surface area contributed by atoms with E-state index in [1.54, 1.807) is 6.07 Å². The Morgan fingerprint density at radius 2 is 1.90 bits per heavy atom. The molecular formula is C17H28N2O2. The first kappa shape index (κ1) is 16.1. The minimum absolute atomic E-state index is 0.106. The van der Waals surface area contributed by atoms with Gasteiger partial charge >= 0.3 is 0 Å². The normalized spacial score (nSPS) is 24.2. The minimum atomic E-state index is 0.106. The fraction of sp³-hybridized carbons (Fsp3) is 0.647. The van der Waals surface area contributed by atoms with Crippen LogP contribution in [0.5, 0.6) is 11.5 Å². The highest BCUT2D eigenvalue weighted by atomic mass is 16.3. The lowest BCUT2D eigenvalue weighted by molar-refractivity contribution is 0.106. The zero-order valence-electron chi connectivity index (χ0n) is 13.1. The number of phenolic OH excluding ortho intramolecular Hbond substituents is 2. The van der Waals surface area contributed by atoms with Gasteiger partial charge in [0, 0.05) is 29.8 Å². The van der Waals surface area contributed by atoms with Crippen LogP contribution in [0.1, 0.15) is 57.6 Å². The lowest BCUT2D eigenvalue weighted by Gasteiger charge is -2.40. The van der Waals surface area contributed by atoms with Gasteiger partial charge < -0.3 is 15.9 Å². The third kappa shape index (κ3) is 3.89. The van der Waals surface area contributed by atoms with Crippen molar-refractivity contribution in [2.24, 2.45) is 5.73 Å². The molecule has 0 spiro atoms. The average molecular weight is 292 g/mol. The van der Waals surface area contributed by atoms with E-state index < -0.39 is 0 Å². The first-order valence-electron chi connectivity index (χ1n) is 8.06. The number of nitrogens with zero attached hydrogens (tertiary/aromatic N) is 1. The maximum Gasteiger partial charge on any atom is 0.124 e. The highest BCUT2D eigenvalue weighted by Gasteiger charge is 2.28. The highest BCUT2D eigenvalue weighted by Crippen LogP contribution is 2.35. The summed E-state index contributed by atoms with van der Waals surface area (Å²) in [5.74, 6) is 0.283. The number of nitrogens with two attached hydrogens (primary N) is 1. The van der Waals surface area contributed by atoms with E-state index in [1.165, 1.54) is 6.07 Å². The SMILES string of the molecule is CCCN(C1CCC(N)CC1)C(C)c1ccc(O)cc1O. The van der Waals surface area contributed by atoms with Gasteiger partial charge in [0.05, 0.1) is 0 Å². The molecule has 0 heterocycles. The van der Waals surface area contributed by atoms with Crippen molar-refractivity contribution in [3.05, 3.63) is 23.8 Å². The molecule has 1 fully saturated rings. The molecule has 0 amide bonds. The van der Waals surface area contributed by atoms with Crippen LogP contribution in [0.3, 0.4) is 0 Å². The first-order chi connectivity index (χ1) is 10.0. The lowest BCUT2D eigenvalue weighted by atomic mass is 9.89. The van der Waals surface area contributed by atoms with Crippen LogP contribution in [-0.4, -0.2) is 33.7 Å². The van der Waals surface area contributed by atoms with Gasteiger partial charge in [-0.1, -0.05) is 13.0 Å². The van der Waals surface area contributed by atoms with E-state index in [2.05, 4.69) is 18.7 Å². The Labute approximate surface area is 127 Å². The minimum Gasteiger partial charge on any atom is -0.508 e. The molecule has 1 atom stereocenters. The van der Waals surface area contributed by atoms with Crippen molar-refractivity contribution in [1.29, 1.82) is 0 Å². The molecular weight excluding hydrogens is 264 g/mol. The van der Waals surface area contributed by atoms with Crippen LogP contribution in [0.15, 0.2) is 18.2 Å². The summed E-state index contributed by atoms with van der Waals surface area (Å²) in [7, 11) is 0.